The van der Waals surface area contributed by atoms with Gasteiger partial charge in [-0.1, -0.05) is 0 Å². The molecule has 0 unspecified atom stereocenters. The summed E-state index contributed by atoms with van der Waals surface area (Å²) >= 11 is 0. The van der Waals surface area contributed by atoms with Gasteiger partial charge < -0.3 is 19.7 Å². The zero-order chi connectivity index (χ0) is 12.7. The van der Waals surface area contributed by atoms with E-state index in [-0.39, 0.29) is 11.5 Å². The van der Waals surface area contributed by atoms with Crippen LogP contribution >= 0.6 is 0 Å². The topological polar surface area (TPSA) is 96.7 Å². The summed E-state index contributed by atoms with van der Waals surface area (Å²) in [6, 6.07) is 0. The Morgan fingerprint density at radius 3 is 3.06 bits per heavy atom. The molecule has 0 bridgehead atoms. The van der Waals surface area contributed by atoms with Gasteiger partial charge in [-0.05, 0) is 0 Å². The molecule has 94 valence electrons. The van der Waals surface area contributed by atoms with Crippen molar-refractivity contribution in [2.24, 2.45) is 13.0 Å². The van der Waals surface area contributed by atoms with Crippen LogP contribution in [0.15, 0.2) is 11.1 Å². The molecule has 7 nitrogen and oxygen atoms in total. The molecular formula is C11H13N5O2. The van der Waals surface area contributed by atoms with Crippen LogP contribution in [0, 0.1) is 11.3 Å². The van der Waals surface area contributed by atoms with Crippen molar-refractivity contribution in [1.29, 1.82) is 5.41 Å². The standard InChI is InChI=1S/C11H13N5O2/c1-16-8(2-7(12)6-3-18-4-6)15-10-9(16)11(17)14-5-13-10/h5-6,12H,2-4H2,1H3,(H,13,14,17). The van der Waals surface area contributed by atoms with Crippen LogP contribution < -0.4 is 5.56 Å². The molecule has 2 aromatic rings. The highest BCUT2D eigenvalue weighted by Crippen LogP contribution is 2.15. The van der Waals surface area contributed by atoms with Crippen molar-refractivity contribution in [3.05, 3.63) is 22.5 Å². The first-order valence-corrected chi connectivity index (χ1v) is 5.71. The third-order valence-corrected chi connectivity index (χ3v) is 3.25. The largest absolute Gasteiger partial charge is 0.380 e. The minimum absolute atomic E-state index is 0.191. The Kier molecular flexibility index (Phi) is 2.48. The average Bonchev–Trinajstić information content (AvgIpc) is 2.54. The summed E-state index contributed by atoms with van der Waals surface area (Å²) in [5.41, 5.74) is 1.26. The Morgan fingerprint density at radius 1 is 1.67 bits per heavy atom. The third kappa shape index (κ3) is 1.63. The molecule has 3 heterocycles. The lowest BCUT2D eigenvalue weighted by Gasteiger charge is -2.26. The molecule has 1 aliphatic heterocycles. The summed E-state index contributed by atoms with van der Waals surface area (Å²) in [4.78, 5) is 22.5. The first kappa shape index (κ1) is 11.1. The van der Waals surface area contributed by atoms with Crippen LogP contribution in [0.2, 0.25) is 0 Å². The lowest BCUT2D eigenvalue weighted by Crippen LogP contribution is -2.35. The van der Waals surface area contributed by atoms with Crippen LogP contribution in [-0.2, 0) is 18.2 Å². The van der Waals surface area contributed by atoms with Crippen molar-refractivity contribution in [3.63, 3.8) is 0 Å². The van der Waals surface area contributed by atoms with E-state index in [1.54, 1.807) is 11.6 Å². The molecule has 0 radical (unpaired) electrons. The summed E-state index contributed by atoms with van der Waals surface area (Å²) in [6.07, 6.45) is 1.77. The van der Waals surface area contributed by atoms with Gasteiger partial charge in [0.15, 0.2) is 11.2 Å². The summed E-state index contributed by atoms with van der Waals surface area (Å²) in [5, 5.41) is 7.97. The van der Waals surface area contributed by atoms with Gasteiger partial charge in [0.1, 0.15) is 5.82 Å². The molecule has 0 spiro atoms. The summed E-state index contributed by atoms with van der Waals surface area (Å²) in [7, 11) is 1.77. The summed E-state index contributed by atoms with van der Waals surface area (Å²) in [6.45, 7) is 1.23. The number of imidazole rings is 1. The van der Waals surface area contributed by atoms with Gasteiger partial charge in [-0.15, -0.1) is 0 Å². The van der Waals surface area contributed by atoms with Crippen LogP contribution in [-0.4, -0.2) is 38.4 Å². The fourth-order valence-electron chi connectivity index (χ4n) is 2.00. The molecular weight excluding hydrogens is 234 g/mol. The molecule has 1 aliphatic rings. The first-order chi connectivity index (χ1) is 8.66. The van der Waals surface area contributed by atoms with Gasteiger partial charge in [0.25, 0.3) is 5.56 Å². The van der Waals surface area contributed by atoms with Gasteiger partial charge >= 0.3 is 0 Å². The van der Waals surface area contributed by atoms with Crippen molar-refractivity contribution >= 4 is 16.9 Å². The molecule has 2 N–H and O–H groups in total. The zero-order valence-corrected chi connectivity index (χ0v) is 9.93. The number of rotatable bonds is 3. The third-order valence-electron chi connectivity index (χ3n) is 3.25. The van der Waals surface area contributed by atoms with Crippen molar-refractivity contribution < 1.29 is 4.74 Å². The molecule has 3 rings (SSSR count). The molecule has 7 heteroatoms. The number of hydrogen-bond acceptors (Lipinski definition) is 5. The first-order valence-electron chi connectivity index (χ1n) is 5.71. The van der Waals surface area contributed by atoms with E-state index in [0.29, 0.717) is 42.3 Å². The van der Waals surface area contributed by atoms with E-state index in [1.165, 1.54) is 6.33 Å². The maximum absolute atomic E-state index is 11.7. The fraction of sp³-hybridized carbons (Fsp3) is 0.455. The SMILES string of the molecule is Cn1c(CC(=N)C2COC2)nc2nc[nH]c(=O)c21. The molecule has 0 atom stereocenters. The van der Waals surface area contributed by atoms with E-state index in [0.717, 1.165) is 0 Å². The Morgan fingerprint density at radius 2 is 2.44 bits per heavy atom. The number of aromatic amines is 1. The molecule has 0 saturated carbocycles. The quantitative estimate of drug-likeness (QED) is 0.738. The molecule has 18 heavy (non-hydrogen) atoms. The molecule has 1 fully saturated rings. The van der Waals surface area contributed by atoms with Crippen LogP contribution in [0.25, 0.3) is 11.2 Å². The van der Waals surface area contributed by atoms with E-state index < -0.39 is 0 Å². The second-order valence-electron chi connectivity index (χ2n) is 4.43. The van der Waals surface area contributed by atoms with Crippen molar-refractivity contribution in [3.8, 4) is 0 Å². The highest BCUT2D eigenvalue weighted by atomic mass is 16.5. The van der Waals surface area contributed by atoms with Crippen LogP contribution in [0.4, 0.5) is 0 Å². The van der Waals surface area contributed by atoms with E-state index in [9.17, 15) is 4.79 Å². The van der Waals surface area contributed by atoms with Gasteiger partial charge in [-0.25, -0.2) is 9.97 Å². The van der Waals surface area contributed by atoms with Crippen molar-refractivity contribution in [2.75, 3.05) is 13.2 Å². The number of aryl methyl sites for hydroxylation is 1. The zero-order valence-electron chi connectivity index (χ0n) is 9.93. The molecule has 2 aromatic heterocycles. The van der Waals surface area contributed by atoms with Crippen LogP contribution in [0.3, 0.4) is 0 Å². The van der Waals surface area contributed by atoms with E-state index in [4.69, 9.17) is 10.1 Å². The number of aromatic nitrogens is 4. The number of nitrogens with one attached hydrogen (secondary N) is 2. The minimum atomic E-state index is -0.209. The highest BCUT2D eigenvalue weighted by Gasteiger charge is 2.24. The maximum atomic E-state index is 11.7. The van der Waals surface area contributed by atoms with Crippen molar-refractivity contribution in [2.45, 2.75) is 6.42 Å². The Hall–Kier alpha value is -2.02. The summed E-state index contributed by atoms with van der Waals surface area (Å²) < 4.78 is 6.77. The second-order valence-corrected chi connectivity index (χ2v) is 4.43. The fourth-order valence-corrected chi connectivity index (χ4v) is 2.00. The predicted molar refractivity (Wildman–Crippen MR) is 64.9 cm³/mol. The van der Waals surface area contributed by atoms with E-state index in [1.807, 2.05) is 0 Å². The van der Waals surface area contributed by atoms with Crippen LogP contribution in [0.1, 0.15) is 5.82 Å². The minimum Gasteiger partial charge on any atom is -0.380 e. The van der Waals surface area contributed by atoms with Gasteiger partial charge in [0, 0.05) is 25.1 Å². The van der Waals surface area contributed by atoms with E-state index in [2.05, 4.69) is 15.0 Å². The number of ether oxygens (including phenoxy) is 1. The predicted octanol–water partition coefficient (Wildman–Crippen LogP) is -0.135. The lowest BCUT2D eigenvalue weighted by molar-refractivity contribution is 0.000812. The number of nitrogens with zero attached hydrogens (tertiary/aromatic N) is 3. The summed E-state index contributed by atoms with van der Waals surface area (Å²) in [5.74, 6) is 0.877. The Labute approximate surface area is 102 Å². The number of fused-ring (bicyclic) bond motifs is 1. The Balaban J connectivity index is 1.97. The molecule has 1 saturated heterocycles. The molecule has 0 aromatic carbocycles. The van der Waals surface area contributed by atoms with Crippen molar-refractivity contribution in [1.82, 2.24) is 19.5 Å². The van der Waals surface area contributed by atoms with Gasteiger partial charge in [0.2, 0.25) is 0 Å². The van der Waals surface area contributed by atoms with E-state index >= 15 is 0 Å². The highest BCUT2D eigenvalue weighted by molar-refractivity contribution is 5.86. The van der Waals surface area contributed by atoms with Crippen LogP contribution in [0.5, 0.6) is 0 Å². The lowest BCUT2D eigenvalue weighted by atomic mass is 9.99. The molecule has 0 amide bonds. The average molecular weight is 247 g/mol. The number of hydrogen-bond donors (Lipinski definition) is 2. The van der Waals surface area contributed by atoms with Gasteiger partial charge in [-0.3, -0.25) is 4.79 Å². The maximum Gasteiger partial charge on any atom is 0.276 e. The monoisotopic (exact) mass is 247 g/mol. The Bertz CT molecular complexity index is 668. The second kappa shape index (κ2) is 4.02. The normalized spacial score (nSPS) is 15.8. The smallest absolute Gasteiger partial charge is 0.276 e. The number of H-pyrrole nitrogens is 1. The van der Waals surface area contributed by atoms with Gasteiger partial charge in [0.05, 0.1) is 19.5 Å². The molecule has 0 aliphatic carbocycles. The van der Waals surface area contributed by atoms with Gasteiger partial charge in [-0.2, -0.15) is 0 Å².